The lowest BCUT2D eigenvalue weighted by atomic mass is 10.1. The highest BCUT2D eigenvalue weighted by Crippen LogP contribution is 2.31. The number of ether oxygens (including phenoxy) is 2. The summed E-state index contributed by atoms with van der Waals surface area (Å²) in [6, 6.07) is 14.4. The fourth-order valence-electron chi connectivity index (χ4n) is 4.26. The lowest BCUT2D eigenvalue weighted by Crippen LogP contribution is -2.32. The Hall–Kier alpha value is -4.07. The second kappa shape index (κ2) is 11.4. The first-order chi connectivity index (χ1) is 17.1. The second-order valence-corrected chi connectivity index (χ2v) is 8.32. The maximum absolute atomic E-state index is 13.3. The van der Waals surface area contributed by atoms with Crippen LogP contribution in [-0.4, -0.2) is 44.1 Å². The fourth-order valence-corrected chi connectivity index (χ4v) is 4.26. The summed E-state index contributed by atoms with van der Waals surface area (Å²) in [6.45, 7) is 2.15. The molecule has 8 nitrogen and oxygen atoms in total. The second-order valence-electron chi connectivity index (χ2n) is 8.32. The maximum Gasteiger partial charge on any atom is 0.263 e. The molecular formula is C27H30N4O4. The third kappa shape index (κ3) is 5.71. The van der Waals surface area contributed by atoms with Crippen LogP contribution in [0.1, 0.15) is 45.5 Å². The summed E-state index contributed by atoms with van der Waals surface area (Å²) in [7, 11) is 3.01. The molecule has 0 spiro atoms. The normalized spacial score (nSPS) is 13.1. The molecule has 1 fully saturated rings. The van der Waals surface area contributed by atoms with Crippen molar-refractivity contribution in [3.63, 3.8) is 0 Å². The van der Waals surface area contributed by atoms with Crippen LogP contribution in [-0.2, 0) is 6.54 Å². The minimum absolute atomic E-state index is 0.208. The largest absolute Gasteiger partial charge is 0.496 e. The number of pyridine rings is 1. The van der Waals surface area contributed by atoms with Crippen LogP contribution in [0.5, 0.6) is 11.5 Å². The van der Waals surface area contributed by atoms with E-state index in [0.29, 0.717) is 34.9 Å². The minimum Gasteiger partial charge on any atom is -0.496 e. The first-order valence-electron chi connectivity index (χ1n) is 11.7. The molecule has 2 amide bonds. The third-order valence-electron chi connectivity index (χ3n) is 6.03. The molecule has 182 valence electrons. The Morgan fingerprint density at radius 2 is 1.69 bits per heavy atom. The van der Waals surface area contributed by atoms with Gasteiger partial charge in [0.1, 0.15) is 17.1 Å². The molecule has 0 bridgehead atoms. The molecular weight excluding hydrogens is 444 g/mol. The molecule has 0 atom stereocenters. The topological polar surface area (TPSA) is 92.8 Å². The van der Waals surface area contributed by atoms with Crippen LogP contribution in [0.3, 0.4) is 0 Å². The van der Waals surface area contributed by atoms with Crippen molar-refractivity contribution in [2.24, 2.45) is 0 Å². The molecule has 2 heterocycles. The molecule has 3 aromatic rings. The molecule has 2 N–H and O–H groups in total. The number of rotatable bonds is 8. The van der Waals surface area contributed by atoms with Gasteiger partial charge in [-0.3, -0.25) is 14.6 Å². The van der Waals surface area contributed by atoms with Gasteiger partial charge in [0.2, 0.25) is 0 Å². The number of methoxy groups -OCH3 is 2. The molecule has 0 unspecified atom stereocenters. The summed E-state index contributed by atoms with van der Waals surface area (Å²) in [5.41, 5.74) is 3.09. The van der Waals surface area contributed by atoms with Gasteiger partial charge in [0.25, 0.3) is 11.8 Å². The summed E-state index contributed by atoms with van der Waals surface area (Å²) >= 11 is 0. The summed E-state index contributed by atoms with van der Waals surface area (Å²) in [5.74, 6) is 0.217. The highest BCUT2D eigenvalue weighted by atomic mass is 16.5. The average Bonchev–Trinajstić information content (AvgIpc) is 2.92. The molecule has 1 saturated heterocycles. The number of nitrogens with one attached hydrogen (secondary N) is 2. The van der Waals surface area contributed by atoms with E-state index in [1.807, 2.05) is 24.3 Å². The first kappa shape index (κ1) is 24.1. The number of anilines is 2. The third-order valence-corrected chi connectivity index (χ3v) is 6.03. The molecule has 35 heavy (non-hydrogen) atoms. The van der Waals surface area contributed by atoms with Crippen molar-refractivity contribution in [1.82, 2.24) is 10.3 Å². The van der Waals surface area contributed by atoms with Crippen LogP contribution in [0, 0.1) is 0 Å². The number of hydrogen-bond acceptors (Lipinski definition) is 6. The number of amides is 2. The zero-order valence-corrected chi connectivity index (χ0v) is 20.0. The van der Waals surface area contributed by atoms with Gasteiger partial charge in [0, 0.05) is 43.4 Å². The monoisotopic (exact) mass is 474 g/mol. The van der Waals surface area contributed by atoms with E-state index in [1.165, 1.54) is 20.6 Å². The van der Waals surface area contributed by atoms with Crippen LogP contribution in [0.4, 0.5) is 11.4 Å². The molecule has 0 radical (unpaired) electrons. The van der Waals surface area contributed by atoms with E-state index in [9.17, 15) is 9.59 Å². The predicted octanol–water partition coefficient (Wildman–Crippen LogP) is 4.27. The van der Waals surface area contributed by atoms with Crippen molar-refractivity contribution in [3.05, 3.63) is 77.6 Å². The Labute approximate surface area is 205 Å². The first-order valence-corrected chi connectivity index (χ1v) is 11.7. The number of nitrogens with zero attached hydrogens (tertiary/aromatic N) is 2. The van der Waals surface area contributed by atoms with Gasteiger partial charge in [-0.1, -0.05) is 12.1 Å². The van der Waals surface area contributed by atoms with Crippen molar-refractivity contribution >= 4 is 23.2 Å². The van der Waals surface area contributed by atoms with Gasteiger partial charge >= 0.3 is 0 Å². The van der Waals surface area contributed by atoms with Gasteiger partial charge in [-0.05, 0) is 61.2 Å². The van der Waals surface area contributed by atoms with Crippen molar-refractivity contribution < 1.29 is 19.1 Å². The van der Waals surface area contributed by atoms with Gasteiger partial charge in [0.05, 0.1) is 19.8 Å². The number of aromatic nitrogens is 1. The summed E-state index contributed by atoms with van der Waals surface area (Å²) in [5, 5.41) is 5.88. The molecule has 8 heteroatoms. The Morgan fingerprint density at radius 3 is 2.34 bits per heavy atom. The Bertz CT molecular complexity index is 1150. The van der Waals surface area contributed by atoms with Crippen molar-refractivity contribution in [3.8, 4) is 11.5 Å². The number of piperidine rings is 1. The van der Waals surface area contributed by atoms with Crippen molar-refractivity contribution in [2.45, 2.75) is 25.8 Å². The zero-order valence-electron chi connectivity index (χ0n) is 20.0. The highest BCUT2D eigenvalue weighted by Gasteiger charge is 2.22. The van der Waals surface area contributed by atoms with E-state index in [1.54, 1.807) is 36.7 Å². The Morgan fingerprint density at radius 1 is 0.943 bits per heavy atom. The molecule has 2 aromatic carbocycles. The molecule has 1 aliphatic rings. The summed E-state index contributed by atoms with van der Waals surface area (Å²) in [6.07, 6.45) is 6.78. The van der Waals surface area contributed by atoms with Crippen molar-refractivity contribution in [2.75, 3.05) is 37.5 Å². The number of carbonyl (C=O) groups is 2. The van der Waals surface area contributed by atoms with E-state index >= 15 is 0 Å². The van der Waals surface area contributed by atoms with Gasteiger partial charge in [0.15, 0.2) is 0 Å². The molecule has 1 aromatic heterocycles. The summed E-state index contributed by atoms with van der Waals surface area (Å²) < 4.78 is 10.7. The van der Waals surface area contributed by atoms with E-state index in [2.05, 4.69) is 20.5 Å². The van der Waals surface area contributed by atoms with Gasteiger partial charge in [-0.25, -0.2) is 0 Å². The standard InChI is InChI=1S/C27H30N4O4/c1-34-23-9-6-10-24(35-2)25(23)27(33)30-20-11-12-22(31-14-4-3-5-15-31)21(16-20)26(32)29-18-19-8-7-13-28-17-19/h6-13,16-17H,3-5,14-15,18H2,1-2H3,(H,29,32)(H,30,33). The molecule has 1 aliphatic heterocycles. The smallest absolute Gasteiger partial charge is 0.263 e. The van der Waals surface area contributed by atoms with E-state index < -0.39 is 0 Å². The quantitative estimate of drug-likeness (QED) is 0.507. The lowest BCUT2D eigenvalue weighted by molar-refractivity contribution is 0.0949. The van der Waals surface area contributed by atoms with Crippen LogP contribution in [0.15, 0.2) is 60.9 Å². The van der Waals surface area contributed by atoms with Crippen LogP contribution < -0.4 is 25.0 Å². The highest BCUT2D eigenvalue weighted by molar-refractivity contribution is 6.09. The number of benzene rings is 2. The Balaban J connectivity index is 1.61. The fraction of sp³-hybridized carbons (Fsp3) is 0.296. The number of hydrogen-bond donors (Lipinski definition) is 2. The summed E-state index contributed by atoms with van der Waals surface area (Å²) in [4.78, 5) is 32.8. The molecule has 4 rings (SSSR count). The number of carbonyl (C=O) groups excluding carboxylic acids is 2. The molecule has 0 saturated carbocycles. The van der Waals surface area contributed by atoms with E-state index in [-0.39, 0.29) is 11.8 Å². The van der Waals surface area contributed by atoms with E-state index in [0.717, 1.165) is 37.2 Å². The van der Waals surface area contributed by atoms with Crippen molar-refractivity contribution in [1.29, 1.82) is 0 Å². The minimum atomic E-state index is -0.383. The van der Waals surface area contributed by atoms with Gasteiger partial charge < -0.3 is 25.0 Å². The van der Waals surface area contributed by atoms with Gasteiger partial charge in [-0.15, -0.1) is 0 Å². The van der Waals surface area contributed by atoms with E-state index in [4.69, 9.17) is 9.47 Å². The zero-order chi connectivity index (χ0) is 24.6. The van der Waals surface area contributed by atoms with Crippen LogP contribution >= 0.6 is 0 Å². The average molecular weight is 475 g/mol. The SMILES string of the molecule is COc1cccc(OC)c1C(=O)Nc1ccc(N2CCCCC2)c(C(=O)NCc2cccnc2)c1. The van der Waals surface area contributed by atoms with Crippen LogP contribution in [0.25, 0.3) is 0 Å². The van der Waals surface area contributed by atoms with Gasteiger partial charge in [-0.2, -0.15) is 0 Å². The Kier molecular flexibility index (Phi) is 7.82. The maximum atomic E-state index is 13.3. The lowest BCUT2D eigenvalue weighted by Gasteiger charge is -2.30. The molecule has 0 aliphatic carbocycles. The van der Waals surface area contributed by atoms with Crippen LogP contribution in [0.2, 0.25) is 0 Å². The predicted molar refractivity (Wildman–Crippen MR) is 135 cm³/mol.